The fraction of sp³-hybridized carbons (Fsp3) is 0.278. The lowest BCUT2D eigenvalue weighted by atomic mass is 10.1. The van der Waals surface area contributed by atoms with Crippen LogP contribution >= 0.6 is 11.6 Å². The van der Waals surface area contributed by atoms with E-state index < -0.39 is 0 Å². The molecule has 1 atom stereocenters. The standard InChI is InChI=1S/C18H19ClN2O2/c1-11-4-6-15(8-12(11)2)20-18(22)21-10-13(3)23-17-7-5-14(19)9-16(17)21/h4-9,13H,10H2,1-3H3,(H,20,22)/t13-/m1/s1. The van der Waals surface area contributed by atoms with Crippen molar-refractivity contribution in [2.45, 2.75) is 26.9 Å². The third-order valence-electron chi connectivity index (χ3n) is 3.98. The molecule has 0 radical (unpaired) electrons. The summed E-state index contributed by atoms with van der Waals surface area (Å²) in [5.41, 5.74) is 3.81. The minimum Gasteiger partial charge on any atom is -0.487 e. The molecule has 1 aliphatic heterocycles. The number of anilines is 2. The van der Waals surface area contributed by atoms with Gasteiger partial charge in [0.1, 0.15) is 11.9 Å². The van der Waals surface area contributed by atoms with Gasteiger partial charge in [0.25, 0.3) is 0 Å². The molecular weight excluding hydrogens is 312 g/mol. The summed E-state index contributed by atoms with van der Waals surface area (Å²) in [7, 11) is 0. The molecule has 1 heterocycles. The maximum atomic E-state index is 12.7. The van der Waals surface area contributed by atoms with Crippen LogP contribution in [0.5, 0.6) is 5.75 Å². The van der Waals surface area contributed by atoms with E-state index in [4.69, 9.17) is 16.3 Å². The van der Waals surface area contributed by atoms with Crippen LogP contribution in [0.25, 0.3) is 0 Å². The van der Waals surface area contributed by atoms with Gasteiger partial charge in [-0.3, -0.25) is 4.90 Å². The Balaban J connectivity index is 1.87. The highest BCUT2D eigenvalue weighted by atomic mass is 35.5. The SMILES string of the molecule is Cc1ccc(NC(=O)N2C[C@@H](C)Oc3ccc(Cl)cc32)cc1C. The molecule has 1 aliphatic rings. The van der Waals surface area contributed by atoms with Gasteiger partial charge in [0.2, 0.25) is 0 Å². The van der Waals surface area contributed by atoms with Gasteiger partial charge in [0, 0.05) is 10.7 Å². The fourth-order valence-corrected chi connectivity index (χ4v) is 2.78. The lowest BCUT2D eigenvalue weighted by Gasteiger charge is -2.33. The van der Waals surface area contributed by atoms with Crippen molar-refractivity contribution >= 4 is 29.0 Å². The van der Waals surface area contributed by atoms with Crippen LogP contribution in [0.4, 0.5) is 16.2 Å². The van der Waals surface area contributed by atoms with Crippen LogP contribution in [0.2, 0.25) is 5.02 Å². The monoisotopic (exact) mass is 330 g/mol. The van der Waals surface area contributed by atoms with E-state index in [0.717, 1.165) is 11.3 Å². The second-order valence-electron chi connectivity index (χ2n) is 5.88. The molecule has 0 saturated heterocycles. The zero-order valence-electron chi connectivity index (χ0n) is 13.4. The highest BCUT2D eigenvalue weighted by Crippen LogP contribution is 2.36. The number of ether oxygens (including phenoxy) is 1. The molecule has 4 nitrogen and oxygen atoms in total. The Morgan fingerprint density at radius 2 is 2.00 bits per heavy atom. The lowest BCUT2D eigenvalue weighted by Crippen LogP contribution is -2.44. The van der Waals surface area contributed by atoms with Crippen LogP contribution in [0.3, 0.4) is 0 Å². The number of nitrogens with zero attached hydrogens (tertiary/aromatic N) is 1. The number of carbonyl (C=O) groups excluding carboxylic acids is 1. The molecule has 2 amide bonds. The highest BCUT2D eigenvalue weighted by Gasteiger charge is 2.28. The Labute approximate surface area is 141 Å². The highest BCUT2D eigenvalue weighted by molar-refractivity contribution is 6.31. The minimum absolute atomic E-state index is 0.0748. The molecule has 23 heavy (non-hydrogen) atoms. The van der Waals surface area contributed by atoms with Gasteiger partial charge in [-0.2, -0.15) is 0 Å². The molecule has 0 unspecified atom stereocenters. The number of hydrogen-bond donors (Lipinski definition) is 1. The van der Waals surface area contributed by atoms with Crippen molar-refractivity contribution in [2.75, 3.05) is 16.8 Å². The lowest BCUT2D eigenvalue weighted by molar-refractivity contribution is 0.208. The summed E-state index contributed by atoms with van der Waals surface area (Å²) < 4.78 is 5.77. The van der Waals surface area contributed by atoms with E-state index in [9.17, 15) is 4.79 Å². The number of amides is 2. The molecule has 0 saturated carbocycles. The van der Waals surface area contributed by atoms with Gasteiger partial charge in [-0.1, -0.05) is 17.7 Å². The molecule has 2 aromatic carbocycles. The van der Waals surface area contributed by atoms with Crippen LogP contribution < -0.4 is 15.0 Å². The Bertz CT molecular complexity index is 761. The van der Waals surface area contributed by atoms with Gasteiger partial charge < -0.3 is 10.1 Å². The van der Waals surface area contributed by atoms with Crippen molar-refractivity contribution < 1.29 is 9.53 Å². The quantitative estimate of drug-likeness (QED) is 0.817. The summed E-state index contributed by atoms with van der Waals surface area (Å²) in [5, 5.41) is 3.52. The van der Waals surface area contributed by atoms with Crippen molar-refractivity contribution in [1.82, 2.24) is 0 Å². The number of fused-ring (bicyclic) bond motifs is 1. The van der Waals surface area contributed by atoms with Gasteiger partial charge in [-0.15, -0.1) is 0 Å². The van der Waals surface area contributed by atoms with Gasteiger partial charge >= 0.3 is 6.03 Å². The van der Waals surface area contributed by atoms with Gasteiger partial charge in [-0.25, -0.2) is 4.79 Å². The van der Waals surface area contributed by atoms with Crippen molar-refractivity contribution in [3.05, 3.63) is 52.5 Å². The average molecular weight is 331 g/mol. The van der Waals surface area contributed by atoms with Crippen LogP contribution in [0.15, 0.2) is 36.4 Å². The van der Waals surface area contributed by atoms with Gasteiger partial charge in [0.05, 0.1) is 12.2 Å². The molecule has 0 spiro atoms. The molecule has 3 rings (SSSR count). The number of carbonyl (C=O) groups is 1. The molecule has 1 N–H and O–H groups in total. The van der Waals surface area contributed by atoms with Gasteiger partial charge in [0.15, 0.2) is 0 Å². The molecule has 0 aliphatic carbocycles. The molecule has 0 aromatic heterocycles. The Morgan fingerprint density at radius 3 is 2.74 bits per heavy atom. The zero-order chi connectivity index (χ0) is 16.6. The third-order valence-corrected chi connectivity index (χ3v) is 4.22. The van der Waals surface area contributed by atoms with Crippen LogP contribution in [-0.2, 0) is 0 Å². The molecule has 0 fully saturated rings. The molecule has 0 bridgehead atoms. The first kappa shape index (κ1) is 15.7. The van der Waals surface area contributed by atoms with E-state index in [-0.39, 0.29) is 12.1 Å². The second-order valence-corrected chi connectivity index (χ2v) is 6.32. The molecular formula is C18H19ClN2O2. The number of halogens is 1. The molecule has 120 valence electrons. The second kappa shape index (κ2) is 6.13. The summed E-state index contributed by atoms with van der Waals surface area (Å²) in [6.45, 7) is 6.48. The number of hydrogen-bond acceptors (Lipinski definition) is 2. The number of nitrogens with one attached hydrogen (secondary N) is 1. The Hall–Kier alpha value is -2.20. The Morgan fingerprint density at radius 1 is 1.22 bits per heavy atom. The summed E-state index contributed by atoms with van der Waals surface area (Å²) in [6.07, 6.45) is -0.0748. The normalized spacial score (nSPS) is 16.5. The van der Waals surface area contributed by atoms with E-state index in [1.165, 1.54) is 5.56 Å². The van der Waals surface area contributed by atoms with Crippen LogP contribution in [0.1, 0.15) is 18.1 Å². The smallest absolute Gasteiger partial charge is 0.326 e. The largest absolute Gasteiger partial charge is 0.487 e. The number of urea groups is 1. The summed E-state index contributed by atoms with van der Waals surface area (Å²) in [5.74, 6) is 0.670. The van der Waals surface area contributed by atoms with Crippen molar-refractivity contribution in [3.8, 4) is 5.75 Å². The average Bonchev–Trinajstić information content (AvgIpc) is 2.50. The van der Waals surface area contributed by atoms with Crippen molar-refractivity contribution in [3.63, 3.8) is 0 Å². The maximum absolute atomic E-state index is 12.7. The number of benzene rings is 2. The summed E-state index contributed by atoms with van der Waals surface area (Å²) in [6, 6.07) is 11.0. The molecule has 2 aromatic rings. The number of aryl methyl sites for hydroxylation is 2. The zero-order valence-corrected chi connectivity index (χ0v) is 14.1. The first-order chi connectivity index (χ1) is 10.9. The van der Waals surface area contributed by atoms with E-state index in [1.54, 1.807) is 23.1 Å². The predicted molar refractivity (Wildman–Crippen MR) is 93.8 cm³/mol. The number of rotatable bonds is 1. The fourth-order valence-electron chi connectivity index (χ4n) is 2.61. The van der Waals surface area contributed by atoms with Gasteiger partial charge in [-0.05, 0) is 62.2 Å². The summed E-state index contributed by atoms with van der Waals surface area (Å²) in [4.78, 5) is 14.4. The molecule has 5 heteroatoms. The summed E-state index contributed by atoms with van der Waals surface area (Å²) >= 11 is 6.07. The Kier molecular flexibility index (Phi) is 4.18. The first-order valence-corrected chi connectivity index (χ1v) is 7.94. The van der Waals surface area contributed by atoms with Crippen molar-refractivity contribution in [1.29, 1.82) is 0 Å². The van der Waals surface area contributed by atoms with Crippen LogP contribution in [0, 0.1) is 13.8 Å². The first-order valence-electron chi connectivity index (χ1n) is 7.56. The van der Waals surface area contributed by atoms with E-state index >= 15 is 0 Å². The van der Waals surface area contributed by atoms with E-state index in [2.05, 4.69) is 5.32 Å². The maximum Gasteiger partial charge on any atom is 0.326 e. The van der Waals surface area contributed by atoms with E-state index in [1.807, 2.05) is 39.0 Å². The van der Waals surface area contributed by atoms with Crippen molar-refractivity contribution in [2.24, 2.45) is 0 Å². The topological polar surface area (TPSA) is 41.6 Å². The predicted octanol–water partition coefficient (Wildman–Crippen LogP) is 4.78. The minimum atomic E-state index is -0.188. The third kappa shape index (κ3) is 3.27. The van der Waals surface area contributed by atoms with E-state index in [0.29, 0.717) is 23.0 Å². The van der Waals surface area contributed by atoms with Crippen LogP contribution in [-0.4, -0.2) is 18.7 Å².